The average molecular weight is 357 g/mol. The predicted molar refractivity (Wildman–Crippen MR) is 99.8 cm³/mol. The minimum Gasteiger partial charge on any atom is -0.368 e. The Kier molecular flexibility index (Phi) is 6.26. The van der Waals surface area contributed by atoms with Crippen molar-refractivity contribution in [2.45, 2.75) is 32.1 Å². The largest absolute Gasteiger partial charge is 0.368 e. The number of nitrogens with zero attached hydrogens (tertiary/aromatic N) is 2. The van der Waals surface area contributed by atoms with Crippen molar-refractivity contribution in [3.05, 3.63) is 30.3 Å². The molecule has 2 fully saturated rings. The first-order valence-electron chi connectivity index (χ1n) is 9.55. The van der Waals surface area contributed by atoms with Crippen molar-refractivity contribution in [3.63, 3.8) is 0 Å². The Morgan fingerprint density at radius 3 is 2.23 bits per heavy atom. The minimum atomic E-state index is -0.604. The molecule has 140 valence electrons. The third-order valence-electron chi connectivity index (χ3n) is 5.35. The second kappa shape index (κ2) is 8.83. The molecule has 1 aromatic carbocycles. The lowest BCUT2D eigenvalue weighted by molar-refractivity contribution is -0.142. The van der Waals surface area contributed by atoms with Crippen molar-refractivity contribution >= 4 is 23.3 Å². The average Bonchev–Trinajstić information content (AvgIpc) is 2.72. The third kappa shape index (κ3) is 4.62. The van der Waals surface area contributed by atoms with Gasteiger partial charge in [-0.2, -0.15) is 0 Å². The number of Topliss-reactive ketones (excluding diaryl/α,β-unsaturated/α-hetero) is 1. The molecule has 3 rings (SSSR count). The van der Waals surface area contributed by atoms with E-state index in [4.69, 9.17) is 0 Å². The Hall–Kier alpha value is -2.37. The molecule has 0 radical (unpaired) electrons. The van der Waals surface area contributed by atoms with Gasteiger partial charge in [0.1, 0.15) is 0 Å². The zero-order valence-electron chi connectivity index (χ0n) is 15.2. The molecule has 1 N–H and O–H groups in total. The van der Waals surface area contributed by atoms with E-state index in [1.165, 1.54) is 0 Å². The Labute approximate surface area is 154 Å². The molecule has 1 aliphatic heterocycles. The van der Waals surface area contributed by atoms with Crippen LogP contribution >= 0.6 is 0 Å². The Morgan fingerprint density at radius 2 is 1.58 bits per heavy atom. The van der Waals surface area contributed by atoms with Crippen molar-refractivity contribution in [1.29, 1.82) is 0 Å². The van der Waals surface area contributed by atoms with Gasteiger partial charge in [0.05, 0.1) is 6.54 Å². The number of para-hydroxylation sites is 1. The van der Waals surface area contributed by atoms with Gasteiger partial charge in [0, 0.05) is 37.8 Å². The van der Waals surface area contributed by atoms with Crippen molar-refractivity contribution in [2.75, 3.05) is 37.6 Å². The fourth-order valence-electron chi connectivity index (χ4n) is 3.76. The van der Waals surface area contributed by atoms with E-state index in [9.17, 15) is 14.4 Å². The number of hydrogen-bond donors (Lipinski definition) is 1. The number of benzene rings is 1. The Balaban J connectivity index is 1.41. The van der Waals surface area contributed by atoms with E-state index in [1.54, 1.807) is 4.90 Å². The summed E-state index contributed by atoms with van der Waals surface area (Å²) in [5, 5.41) is 2.53. The maximum absolute atomic E-state index is 12.3. The maximum atomic E-state index is 12.3. The number of rotatable bonds is 5. The first kappa shape index (κ1) is 18.4. The van der Waals surface area contributed by atoms with Gasteiger partial charge in [-0.15, -0.1) is 0 Å². The summed E-state index contributed by atoms with van der Waals surface area (Å²) in [6.07, 6.45) is 4.74. The molecule has 2 aliphatic rings. The lowest BCUT2D eigenvalue weighted by Crippen LogP contribution is -2.51. The van der Waals surface area contributed by atoms with Crippen LogP contribution in [0.25, 0.3) is 0 Å². The highest BCUT2D eigenvalue weighted by molar-refractivity contribution is 6.37. The molecule has 1 saturated carbocycles. The van der Waals surface area contributed by atoms with Crippen LogP contribution in [0.5, 0.6) is 0 Å². The Bertz CT molecular complexity index is 633. The molecule has 6 heteroatoms. The first-order valence-corrected chi connectivity index (χ1v) is 9.55. The molecule has 0 spiro atoms. The lowest BCUT2D eigenvalue weighted by atomic mass is 9.86. The van der Waals surface area contributed by atoms with Gasteiger partial charge in [-0.25, -0.2) is 0 Å². The van der Waals surface area contributed by atoms with Crippen LogP contribution in [0.15, 0.2) is 30.3 Å². The second-order valence-electron chi connectivity index (χ2n) is 7.09. The summed E-state index contributed by atoms with van der Waals surface area (Å²) in [7, 11) is 0. The predicted octanol–water partition coefficient (Wildman–Crippen LogP) is 1.60. The molecule has 2 amide bonds. The Morgan fingerprint density at radius 1 is 0.923 bits per heavy atom. The summed E-state index contributed by atoms with van der Waals surface area (Å²) < 4.78 is 0. The third-order valence-corrected chi connectivity index (χ3v) is 5.35. The van der Waals surface area contributed by atoms with E-state index in [-0.39, 0.29) is 24.2 Å². The van der Waals surface area contributed by atoms with E-state index < -0.39 is 5.91 Å². The van der Waals surface area contributed by atoms with E-state index >= 15 is 0 Å². The molecule has 6 nitrogen and oxygen atoms in total. The van der Waals surface area contributed by atoms with Gasteiger partial charge in [0.15, 0.2) is 0 Å². The minimum absolute atomic E-state index is 0.0946. The van der Waals surface area contributed by atoms with Gasteiger partial charge in [0.2, 0.25) is 11.7 Å². The molecule has 1 saturated heterocycles. The summed E-state index contributed by atoms with van der Waals surface area (Å²) in [4.78, 5) is 40.5. The number of carbonyl (C=O) groups is 3. The van der Waals surface area contributed by atoms with Gasteiger partial charge in [-0.05, 0) is 25.0 Å². The number of piperazine rings is 1. The zero-order valence-corrected chi connectivity index (χ0v) is 15.2. The van der Waals surface area contributed by atoms with Crippen molar-refractivity contribution in [1.82, 2.24) is 10.2 Å². The number of nitrogens with one attached hydrogen (secondary N) is 1. The topological polar surface area (TPSA) is 69.7 Å². The quantitative estimate of drug-likeness (QED) is 0.813. The van der Waals surface area contributed by atoms with Crippen molar-refractivity contribution in [3.8, 4) is 0 Å². The van der Waals surface area contributed by atoms with E-state index in [0.717, 1.165) is 50.9 Å². The fraction of sp³-hybridized carbons (Fsp3) is 0.550. The number of hydrogen-bond acceptors (Lipinski definition) is 4. The van der Waals surface area contributed by atoms with Gasteiger partial charge < -0.3 is 15.1 Å². The number of carbonyl (C=O) groups excluding carboxylic acids is 3. The molecule has 0 unspecified atom stereocenters. The van der Waals surface area contributed by atoms with Gasteiger partial charge in [0.25, 0.3) is 5.91 Å². The van der Waals surface area contributed by atoms with Crippen LogP contribution < -0.4 is 10.2 Å². The lowest BCUT2D eigenvalue weighted by Gasteiger charge is -2.36. The molecule has 1 aromatic rings. The van der Waals surface area contributed by atoms with E-state index in [2.05, 4.69) is 22.3 Å². The molecule has 0 bridgehead atoms. The summed E-state index contributed by atoms with van der Waals surface area (Å²) in [5.74, 6) is -1.24. The van der Waals surface area contributed by atoms with Crippen LogP contribution in [-0.4, -0.2) is 55.2 Å². The summed E-state index contributed by atoms with van der Waals surface area (Å²) in [6, 6.07) is 10.1. The molecule has 1 heterocycles. The summed E-state index contributed by atoms with van der Waals surface area (Å²) in [5.41, 5.74) is 1.16. The number of amides is 2. The first-order chi connectivity index (χ1) is 12.6. The maximum Gasteiger partial charge on any atom is 0.288 e. The van der Waals surface area contributed by atoms with Gasteiger partial charge in [-0.1, -0.05) is 37.5 Å². The highest BCUT2D eigenvalue weighted by atomic mass is 16.2. The molecule has 26 heavy (non-hydrogen) atoms. The van der Waals surface area contributed by atoms with Crippen LogP contribution in [0.3, 0.4) is 0 Å². The van der Waals surface area contributed by atoms with Crippen LogP contribution in [0.4, 0.5) is 5.69 Å². The standard InChI is InChI=1S/C20H27N3O3/c24-18(15-21-20(26)19(25)16-7-3-1-4-8-16)23-13-11-22(12-14-23)17-9-5-2-6-10-17/h2,5-6,9-10,16H,1,3-4,7-8,11-15H2,(H,21,26). The molecular formula is C20H27N3O3. The SMILES string of the molecule is O=C(NCC(=O)N1CCN(c2ccccc2)CC1)C(=O)C1CCCCC1. The summed E-state index contributed by atoms with van der Waals surface area (Å²) >= 11 is 0. The van der Waals surface area contributed by atoms with Gasteiger partial charge in [-0.3, -0.25) is 14.4 Å². The fourth-order valence-corrected chi connectivity index (χ4v) is 3.76. The molecule has 1 aliphatic carbocycles. The highest BCUT2D eigenvalue weighted by Gasteiger charge is 2.28. The second-order valence-corrected chi connectivity index (χ2v) is 7.09. The highest BCUT2D eigenvalue weighted by Crippen LogP contribution is 2.24. The van der Waals surface area contributed by atoms with E-state index in [0.29, 0.717) is 13.1 Å². The number of ketones is 1. The normalized spacial score (nSPS) is 18.5. The molecule has 0 aromatic heterocycles. The molecule has 0 atom stereocenters. The van der Waals surface area contributed by atoms with Crippen LogP contribution in [0, 0.1) is 5.92 Å². The molecular weight excluding hydrogens is 330 g/mol. The van der Waals surface area contributed by atoms with Crippen LogP contribution in [-0.2, 0) is 14.4 Å². The van der Waals surface area contributed by atoms with Crippen molar-refractivity contribution < 1.29 is 14.4 Å². The van der Waals surface area contributed by atoms with Crippen LogP contribution in [0.2, 0.25) is 0 Å². The van der Waals surface area contributed by atoms with Crippen LogP contribution in [0.1, 0.15) is 32.1 Å². The van der Waals surface area contributed by atoms with E-state index in [1.807, 2.05) is 18.2 Å². The van der Waals surface area contributed by atoms with Crippen molar-refractivity contribution in [2.24, 2.45) is 5.92 Å². The number of anilines is 1. The monoisotopic (exact) mass is 357 g/mol. The summed E-state index contributed by atoms with van der Waals surface area (Å²) in [6.45, 7) is 2.69. The smallest absolute Gasteiger partial charge is 0.288 e. The zero-order chi connectivity index (χ0) is 18.4. The van der Waals surface area contributed by atoms with Gasteiger partial charge >= 0.3 is 0 Å².